The molecule has 0 aromatic heterocycles. The average molecular weight is 480 g/mol. The Morgan fingerprint density at radius 1 is 0.639 bits per heavy atom. The van der Waals surface area contributed by atoms with Gasteiger partial charge in [-0.1, -0.05) is 126 Å². The third kappa shape index (κ3) is 5.31. The first-order valence-electron chi connectivity index (χ1n) is 14.4. The maximum Gasteiger partial charge on any atom is 0.0611 e. The van der Waals surface area contributed by atoms with Gasteiger partial charge in [0.15, 0.2) is 0 Å². The van der Waals surface area contributed by atoms with Gasteiger partial charge in [0, 0.05) is 17.0 Å². The van der Waals surface area contributed by atoms with Gasteiger partial charge in [0.05, 0.1) is 6.04 Å². The van der Waals surface area contributed by atoms with E-state index in [4.69, 9.17) is 0 Å². The van der Waals surface area contributed by atoms with Crippen LogP contribution in [0.4, 0.5) is 5.69 Å². The lowest BCUT2D eigenvalue weighted by molar-refractivity contribution is 0.572. The molecule has 1 heteroatoms. The van der Waals surface area contributed by atoms with Crippen LogP contribution in [0.3, 0.4) is 0 Å². The quantitative estimate of drug-likeness (QED) is 0.298. The first kappa shape index (κ1) is 26.3. The van der Waals surface area contributed by atoms with E-state index in [1.54, 1.807) is 22.3 Å². The maximum atomic E-state index is 3.85. The Bertz CT molecular complexity index is 1050. The molecule has 2 aliphatic carbocycles. The van der Waals surface area contributed by atoms with Gasteiger partial charge in [-0.2, -0.15) is 0 Å². The zero-order valence-corrected chi connectivity index (χ0v) is 22.9. The molecule has 0 amide bonds. The van der Waals surface area contributed by atoms with Crippen LogP contribution in [0.1, 0.15) is 90.7 Å². The fourth-order valence-corrected chi connectivity index (χ4v) is 6.41. The number of hydrogen-bond donors (Lipinski definition) is 1. The molecule has 0 aliphatic heterocycles. The molecule has 0 heterocycles. The molecule has 1 atom stereocenters. The molecule has 36 heavy (non-hydrogen) atoms. The molecule has 0 fully saturated rings. The molecule has 4 rings (SSSR count). The van der Waals surface area contributed by atoms with E-state index in [0.29, 0.717) is 5.92 Å². The van der Waals surface area contributed by atoms with E-state index in [9.17, 15) is 0 Å². The average Bonchev–Trinajstić information content (AvgIpc) is 3.13. The SMILES string of the molecule is CCCC1=C(CCC)C2(C=CC(C(Nc3ccccc3)c3ccccc3)C=C2)C(CCC)=C1CCC. The smallest absolute Gasteiger partial charge is 0.0611 e. The predicted molar refractivity (Wildman–Crippen MR) is 157 cm³/mol. The molecule has 1 nitrogen and oxygen atoms in total. The van der Waals surface area contributed by atoms with E-state index in [1.165, 1.54) is 62.6 Å². The minimum atomic E-state index is -0.00842. The zero-order valence-electron chi connectivity index (χ0n) is 22.9. The van der Waals surface area contributed by atoms with Crippen molar-refractivity contribution < 1.29 is 0 Å². The summed E-state index contributed by atoms with van der Waals surface area (Å²) in [5, 5.41) is 3.85. The van der Waals surface area contributed by atoms with Crippen LogP contribution in [0.15, 0.2) is 107 Å². The summed E-state index contributed by atoms with van der Waals surface area (Å²) in [6.45, 7) is 9.37. The van der Waals surface area contributed by atoms with Crippen LogP contribution in [0.5, 0.6) is 0 Å². The molecular formula is C35H45N. The molecule has 0 saturated heterocycles. The molecule has 1 N–H and O–H groups in total. The van der Waals surface area contributed by atoms with Gasteiger partial charge < -0.3 is 5.32 Å². The second-order valence-corrected chi connectivity index (χ2v) is 10.5. The van der Waals surface area contributed by atoms with Crippen molar-refractivity contribution in [2.75, 3.05) is 5.32 Å². The van der Waals surface area contributed by atoms with Gasteiger partial charge in [0.25, 0.3) is 0 Å². The molecule has 1 unspecified atom stereocenters. The van der Waals surface area contributed by atoms with Crippen molar-refractivity contribution in [1.29, 1.82) is 0 Å². The van der Waals surface area contributed by atoms with Crippen LogP contribution in [-0.2, 0) is 0 Å². The lowest BCUT2D eigenvalue weighted by Gasteiger charge is -2.36. The monoisotopic (exact) mass is 479 g/mol. The number of allylic oxidation sites excluding steroid dienone is 6. The number of benzene rings is 2. The molecule has 0 bridgehead atoms. The highest BCUT2D eigenvalue weighted by Gasteiger charge is 2.43. The Morgan fingerprint density at radius 2 is 1.11 bits per heavy atom. The summed E-state index contributed by atoms with van der Waals surface area (Å²) in [6.07, 6.45) is 19.9. The second kappa shape index (κ2) is 12.4. The molecule has 2 aromatic carbocycles. The lowest BCUT2D eigenvalue weighted by Crippen LogP contribution is -2.26. The van der Waals surface area contributed by atoms with Crippen LogP contribution in [0, 0.1) is 11.3 Å². The van der Waals surface area contributed by atoms with Crippen LogP contribution in [0.25, 0.3) is 0 Å². The highest BCUT2D eigenvalue weighted by atomic mass is 14.9. The Kier molecular flexibility index (Phi) is 9.08. The van der Waals surface area contributed by atoms with E-state index in [2.05, 4.69) is 118 Å². The standard InChI is InChI=1S/C35H45N/c1-5-15-30-31(16-6-2)33(18-8-4)35(32(30)17-7-3)25-23-28(24-26-35)34(27-19-11-9-12-20-27)36-29-21-13-10-14-22-29/h9-14,19-26,28,34,36H,5-8,15-18H2,1-4H3. The third-order valence-corrected chi connectivity index (χ3v) is 7.89. The predicted octanol–water partition coefficient (Wildman–Crippen LogP) is 10.4. The zero-order chi connectivity index (χ0) is 25.4. The van der Waals surface area contributed by atoms with Crippen molar-refractivity contribution in [3.8, 4) is 0 Å². The van der Waals surface area contributed by atoms with Crippen molar-refractivity contribution >= 4 is 5.69 Å². The molecule has 2 aromatic rings. The Balaban J connectivity index is 1.75. The van der Waals surface area contributed by atoms with E-state index < -0.39 is 0 Å². The second-order valence-electron chi connectivity index (χ2n) is 10.5. The van der Waals surface area contributed by atoms with Crippen molar-refractivity contribution in [3.05, 3.63) is 113 Å². The van der Waals surface area contributed by atoms with Crippen LogP contribution in [0.2, 0.25) is 0 Å². The van der Waals surface area contributed by atoms with Gasteiger partial charge in [-0.05, 0) is 65.7 Å². The first-order valence-corrected chi connectivity index (χ1v) is 14.4. The van der Waals surface area contributed by atoms with Gasteiger partial charge >= 0.3 is 0 Å². The summed E-state index contributed by atoms with van der Waals surface area (Å²) in [5.74, 6) is 0.300. The Labute approximate surface area is 220 Å². The highest BCUT2D eigenvalue weighted by molar-refractivity contribution is 5.61. The number of nitrogens with one attached hydrogen (secondary N) is 1. The molecular weight excluding hydrogens is 434 g/mol. The topological polar surface area (TPSA) is 12.0 Å². The lowest BCUT2D eigenvalue weighted by atomic mass is 9.69. The largest absolute Gasteiger partial charge is 0.377 e. The maximum absolute atomic E-state index is 3.85. The number of anilines is 1. The van der Waals surface area contributed by atoms with Gasteiger partial charge in [0.1, 0.15) is 0 Å². The van der Waals surface area contributed by atoms with Crippen LogP contribution < -0.4 is 5.32 Å². The molecule has 0 radical (unpaired) electrons. The fraction of sp³-hybridized carbons (Fsp3) is 0.429. The summed E-state index contributed by atoms with van der Waals surface area (Å²) < 4.78 is 0. The Morgan fingerprint density at radius 3 is 1.58 bits per heavy atom. The summed E-state index contributed by atoms with van der Waals surface area (Å²) in [6, 6.07) is 21.8. The Hall–Kier alpha value is -2.80. The van der Waals surface area contributed by atoms with Gasteiger partial charge in [-0.15, -0.1) is 0 Å². The van der Waals surface area contributed by atoms with Crippen LogP contribution >= 0.6 is 0 Å². The minimum absolute atomic E-state index is 0.00842. The van der Waals surface area contributed by atoms with E-state index in [-0.39, 0.29) is 11.5 Å². The van der Waals surface area contributed by atoms with Gasteiger partial charge in [0.2, 0.25) is 0 Å². The van der Waals surface area contributed by atoms with Crippen molar-refractivity contribution in [2.45, 2.75) is 85.1 Å². The molecule has 0 saturated carbocycles. The van der Waals surface area contributed by atoms with Gasteiger partial charge in [-0.3, -0.25) is 0 Å². The van der Waals surface area contributed by atoms with Crippen molar-refractivity contribution in [1.82, 2.24) is 0 Å². The van der Waals surface area contributed by atoms with Crippen LogP contribution in [-0.4, -0.2) is 0 Å². The van der Waals surface area contributed by atoms with E-state index in [1.807, 2.05) is 0 Å². The van der Waals surface area contributed by atoms with Crippen molar-refractivity contribution in [3.63, 3.8) is 0 Å². The third-order valence-electron chi connectivity index (χ3n) is 7.89. The summed E-state index contributed by atoms with van der Waals surface area (Å²) in [4.78, 5) is 0. The number of hydrogen-bond acceptors (Lipinski definition) is 1. The highest BCUT2D eigenvalue weighted by Crippen LogP contribution is 2.56. The minimum Gasteiger partial charge on any atom is -0.377 e. The van der Waals surface area contributed by atoms with E-state index >= 15 is 0 Å². The summed E-state index contributed by atoms with van der Waals surface area (Å²) in [5.41, 5.74) is 9.26. The normalized spacial score (nSPS) is 17.9. The first-order chi connectivity index (χ1) is 17.7. The van der Waals surface area contributed by atoms with Crippen molar-refractivity contribution in [2.24, 2.45) is 11.3 Å². The molecule has 1 spiro atoms. The van der Waals surface area contributed by atoms with Gasteiger partial charge in [-0.25, -0.2) is 0 Å². The van der Waals surface area contributed by atoms with E-state index in [0.717, 1.165) is 0 Å². The molecule has 190 valence electrons. The number of rotatable bonds is 12. The molecule has 2 aliphatic rings. The number of para-hydroxylation sites is 1. The summed E-state index contributed by atoms with van der Waals surface area (Å²) in [7, 11) is 0. The summed E-state index contributed by atoms with van der Waals surface area (Å²) >= 11 is 0. The fourth-order valence-electron chi connectivity index (χ4n) is 6.41.